The van der Waals surface area contributed by atoms with E-state index in [0.717, 1.165) is 17.4 Å². The predicted octanol–water partition coefficient (Wildman–Crippen LogP) is 0.889. The maximum atomic E-state index is 11.4. The summed E-state index contributed by atoms with van der Waals surface area (Å²) in [6, 6.07) is 0. The average Bonchev–Trinajstić information content (AvgIpc) is 2.60. The van der Waals surface area contributed by atoms with Gasteiger partial charge in [0.1, 0.15) is 5.54 Å². The molecule has 0 radical (unpaired) electrons. The van der Waals surface area contributed by atoms with Crippen molar-refractivity contribution in [1.82, 2.24) is 15.1 Å². The smallest absolute Gasteiger partial charge is 0.239 e. The molecule has 0 aromatic carbocycles. The Balaban J connectivity index is 2.74. The highest BCUT2D eigenvalue weighted by molar-refractivity contribution is 9.10. The molecule has 1 aromatic rings. The first-order valence-corrected chi connectivity index (χ1v) is 6.00. The third-order valence-electron chi connectivity index (χ3n) is 2.39. The molecule has 0 saturated heterocycles. The van der Waals surface area contributed by atoms with Crippen molar-refractivity contribution in [3.8, 4) is 0 Å². The van der Waals surface area contributed by atoms with Gasteiger partial charge in [-0.2, -0.15) is 5.10 Å². The second-order valence-electron chi connectivity index (χ2n) is 3.98. The van der Waals surface area contributed by atoms with Crippen LogP contribution < -0.4 is 11.1 Å². The summed E-state index contributed by atoms with van der Waals surface area (Å²) < 4.78 is 2.58. The summed E-state index contributed by atoms with van der Waals surface area (Å²) in [5, 5.41) is 7.27. The zero-order valence-electron chi connectivity index (χ0n) is 9.53. The van der Waals surface area contributed by atoms with Crippen LogP contribution in [0.25, 0.3) is 0 Å². The Bertz CT molecular complexity index is 365. The Labute approximate surface area is 104 Å². The summed E-state index contributed by atoms with van der Waals surface area (Å²) in [6.07, 6.45) is 4.45. The van der Waals surface area contributed by atoms with Crippen LogP contribution in [0.5, 0.6) is 0 Å². The number of nitrogens with zero attached hydrogens (tertiary/aromatic N) is 2. The first-order valence-electron chi connectivity index (χ1n) is 5.21. The van der Waals surface area contributed by atoms with Gasteiger partial charge in [-0.15, -0.1) is 0 Å². The van der Waals surface area contributed by atoms with E-state index in [-0.39, 0.29) is 5.91 Å². The average molecular weight is 289 g/mol. The number of primary amides is 1. The van der Waals surface area contributed by atoms with Crippen LogP contribution in [0.3, 0.4) is 0 Å². The Morgan fingerprint density at radius 1 is 1.75 bits per heavy atom. The summed E-state index contributed by atoms with van der Waals surface area (Å²) in [5.41, 5.74) is 4.65. The van der Waals surface area contributed by atoms with Gasteiger partial charge in [0, 0.05) is 6.20 Å². The Morgan fingerprint density at radius 3 is 2.88 bits per heavy atom. The van der Waals surface area contributed by atoms with E-state index in [4.69, 9.17) is 5.73 Å². The molecule has 6 heteroatoms. The van der Waals surface area contributed by atoms with Gasteiger partial charge in [-0.05, 0) is 35.8 Å². The lowest BCUT2D eigenvalue weighted by molar-refractivity contribution is -0.124. The molecule has 1 heterocycles. The van der Waals surface area contributed by atoms with E-state index in [1.165, 1.54) is 0 Å². The molecule has 1 rings (SSSR count). The van der Waals surface area contributed by atoms with Crippen LogP contribution >= 0.6 is 15.9 Å². The molecule has 1 amide bonds. The molecule has 5 nitrogen and oxygen atoms in total. The number of carbonyl (C=O) groups is 1. The van der Waals surface area contributed by atoms with Crippen LogP contribution in [0, 0.1) is 0 Å². The fourth-order valence-electron chi connectivity index (χ4n) is 1.37. The largest absolute Gasteiger partial charge is 0.368 e. The first-order chi connectivity index (χ1) is 7.48. The molecule has 0 aliphatic heterocycles. The van der Waals surface area contributed by atoms with E-state index >= 15 is 0 Å². The number of rotatable bonds is 6. The van der Waals surface area contributed by atoms with Crippen molar-refractivity contribution in [3.05, 3.63) is 16.9 Å². The molecule has 0 spiro atoms. The number of amides is 1. The minimum Gasteiger partial charge on any atom is -0.368 e. The lowest BCUT2D eigenvalue weighted by Gasteiger charge is -2.27. The fourth-order valence-corrected chi connectivity index (χ4v) is 1.70. The molecule has 0 aliphatic rings. The van der Waals surface area contributed by atoms with Crippen LogP contribution in [0.2, 0.25) is 0 Å². The van der Waals surface area contributed by atoms with Crippen molar-refractivity contribution in [2.45, 2.75) is 32.4 Å². The quantitative estimate of drug-likeness (QED) is 0.817. The lowest BCUT2D eigenvalue weighted by Crippen LogP contribution is -2.56. The monoisotopic (exact) mass is 288 g/mol. The summed E-state index contributed by atoms with van der Waals surface area (Å²) in [6.45, 7) is 5.01. The first kappa shape index (κ1) is 13.2. The fraction of sp³-hybridized carbons (Fsp3) is 0.600. The number of carbonyl (C=O) groups excluding carboxylic acids is 1. The van der Waals surface area contributed by atoms with Crippen LogP contribution in [0.1, 0.15) is 20.3 Å². The van der Waals surface area contributed by atoms with Gasteiger partial charge >= 0.3 is 0 Å². The number of halogens is 1. The zero-order chi connectivity index (χ0) is 12.2. The molecular weight excluding hydrogens is 272 g/mol. The van der Waals surface area contributed by atoms with E-state index in [1.807, 2.05) is 13.1 Å². The summed E-state index contributed by atoms with van der Waals surface area (Å²) >= 11 is 3.31. The molecule has 1 atom stereocenters. The third-order valence-corrected chi connectivity index (χ3v) is 2.80. The van der Waals surface area contributed by atoms with Gasteiger partial charge in [-0.3, -0.25) is 9.48 Å². The maximum Gasteiger partial charge on any atom is 0.239 e. The number of aromatic nitrogens is 2. The minimum absolute atomic E-state index is 0.368. The Hall–Kier alpha value is -0.880. The molecule has 90 valence electrons. The van der Waals surface area contributed by atoms with E-state index in [2.05, 4.69) is 26.3 Å². The molecule has 0 saturated carbocycles. The molecule has 0 fully saturated rings. The standard InChI is InChI=1S/C10H17BrN4O/c1-3-4-13-10(2,9(12)16)7-15-6-8(11)5-14-15/h5-6,13H,3-4,7H2,1-2H3,(H2,12,16). The van der Waals surface area contributed by atoms with Crippen molar-refractivity contribution in [3.63, 3.8) is 0 Å². The van der Waals surface area contributed by atoms with E-state index < -0.39 is 5.54 Å². The SMILES string of the molecule is CCCNC(C)(Cn1cc(Br)cn1)C(N)=O. The molecule has 1 unspecified atom stereocenters. The van der Waals surface area contributed by atoms with Crippen LogP contribution in [0.15, 0.2) is 16.9 Å². The normalized spacial score (nSPS) is 14.7. The second-order valence-corrected chi connectivity index (χ2v) is 4.89. The molecule has 16 heavy (non-hydrogen) atoms. The van der Waals surface area contributed by atoms with Crippen LogP contribution in [-0.4, -0.2) is 27.8 Å². The van der Waals surface area contributed by atoms with Crippen molar-refractivity contribution in [2.24, 2.45) is 5.73 Å². The van der Waals surface area contributed by atoms with Crippen molar-refractivity contribution in [2.75, 3.05) is 6.54 Å². The van der Waals surface area contributed by atoms with E-state index in [0.29, 0.717) is 6.54 Å². The number of hydrogen-bond donors (Lipinski definition) is 2. The topological polar surface area (TPSA) is 72.9 Å². The van der Waals surface area contributed by atoms with Gasteiger partial charge in [-0.1, -0.05) is 6.92 Å². The van der Waals surface area contributed by atoms with Gasteiger partial charge in [-0.25, -0.2) is 0 Å². The van der Waals surface area contributed by atoms with Crippen LogP contribution in [0.4, 0.5) is 0 Å². The van der Waals surface area contributed by atoms with Crippen molar-refractivity contribution < 1.29 is 4.79 Å². The van der Waals surface area contributed by atoms with E-state index in [9.17, 15) is 4.79 Å². The third kappa shape index (κ3) is 3.31. The summed E-state index contributed by atoms with van der Waals surface area (Å²) in [5.74, 6) is -0.368. The van der Waals surface area contributed by atoms with Gasteiger partial charge in [0.15, 0.2) is 0 Å². The van der Waals surface area contributed by atoms with Gasteiger partial charge in [0.2, 0.25) is 5.91 Å². The predicted molar refractivity (Wildman–Crippen MR) is 65.8 cm³/mol. The summed E-state index contributed by atoms with van der Waals surface area (Å²) in [7, 11) is 0. The van der Waals surface area contributed by atoms with E-state index in [1.54, 1.807) is 17.8 Å². The minimum atomic E-state index is -0.762. The highest BCUT2D eigenvalue weighted by Crippen LogP contribution is 2.11. The van der Waals surface area contributed by atoms with Gasteiger partial charge in [0.05, 0.1) is 17.2 Å². The molecule has 0 bridgehead atoms. The lowest BCUT2D eigenvalue weighted by atomic mass is 10.0. The molecule has 1 aromatic heterocycles. The highest BCUT2D eigenvalue weighted by Gasteiger charge is 2.30. The molecule has 0 aliphatic carbocycles. The van der Waals surface area contributed by atoms with Crippen molar-refractivity contribution >= 4 is 21.8 Å². The van der Waals surface area contributed by atoms with Gasteiger partial charge in [0.25, 0.3) is 0 Å². The zero-order valence-corrected chi connectivity index (χ0v) is 11.1. The van der Waals surface area contributed by atoms with Crippen molar-refractivity contribution in [1.29, 1.82) is 0 Å². The highest BCUT2D eigenvalue weighted by atomic mass is 79.9. The molecular formula is C10H17BrN4O. The second kappa shape index (κ2) is 5.45. The van der Waals surface area contributed by atoms with Crippen LogP contribution in [-0.2, 0) is 11.3 Å². The number of nitrogens with one attached hydrogen (secondary N) is 1. The Kier molecular flexibility index (Phi) is 4.49. The van der Waals surface area contributed by atoms with Gasteiger partial charge < -0.3 is 11.1 Å². The summed E-state index contributed by atoms with van der Waals surface area (Å²) in [4.78, 5) is 11.4. The number of nitrogens with two attached hydrogens (primary N) is 1. The maximum absolute atomic E-state index is 11.4. The number of hydrogen-bond acceptors (Lipinski definition) is 3. The molecule has 3 N–H and O–H groups in total. The Morgan fingerprint density at radius 2 is 2.44 bits per heavy atom.